The Morgan fingerprint density at radius 1 is 0.947 bits per heavy atom. The molecule has 0 heterocycles. The predicted molar refractivity (Wildman–Crippen MR) is 76.3 cm³/mol. The first-order valence-electron chi connectivity index (χ1n) is 5.48. The highest BCUT2D eigenvalue weighted by atomic mass is 35.5. The van der Waals surface area contributed by atoms with Gasteiger partial charge in [-0.1, -0.05) is 29.3 Å². The SMILES string of the molecule is Cc1ccc(N(c2ccc(Cl)cc2)S(=O)(=O)O)cc1. The van der Waals surface area contributed by atoms with Gasteiger partial charge in [-0.25, -0.2) is 4.31 Å². The molecular weight excluding hydrogens is 286 g/mol. The number of benzene rings is 2. The minimum atomic E-state index is -4.41. The van der Waals surface area contributed by atoms with Crippen LogP contribution in [0, 0.1) is 6.92 Å². The molecule has 0 aromatic heterocycles. The van der Waals surface area contributed by atoms with Crippen molar-refractivity contribution in [3.05, 3.63) is 59.1 Å². The van der Waals surface area contributed by atoms with E-state index in [0.29, 0.717) is 16.4 Å². The van der Waals surface area contributed by atoms with Crippen LogP contribution >= 0.6 is 11.6 Å². The number of nitrogens with zero attached hydrogens (tertiary/aromatic N) is 1. The lowest BCUT2D eigenvalue weighted by Gasteiger charge is -2.21. The third-order valence-corrected chi connectivity index (χ3v) is 3.70. The molecule has 0 amide bonds. The van der Waals surface area contributed by atoms with Crippen LogP contribution in [0.15, 0.2) is 48.5 Å². The fourth-order valence-corrected chi connectivity index (χ4v) is 2.57. The van der Waals surface area contributed by atoms with E-state index in [1.807, 2.05) is 6.92 Å². The van der Waals surface area contributed by atoms with Gasteiger partial charge in [-0.2, -0.15) is 8.42 Å². The molecule has 0 radical (unpaired) electrons. The number of anilines is 2. The molecule has 0 atom stereocenters. The molecule has 0 aliphatic carbocycles. The summed E-state index contributed by atoms with van der Waals surface area (Å²) in [5, 5.41) is 0.489. The molecule has 2 aromatic rings. The second-order valence-electron chi connectivity index (χ2n) is 4.05. The second kappa shape index (κ2) is 5.21. The van der Waals surface area contributed by atoms with Crippen molar-refractivity contribution in [2.75, 3.05) is 4.31 Å². The first kappa shape index (κ1) is 13.9. The average molecular weight is 298 g/mol. The van der Waals surface area contributed by atoms with Crippen molar-refractivity contribution in [2.45, 2.75) is 6.92 Å². The molecule has 4 nitrogen and oxygen atoms in total. The normalized spacial score (nSPS) is 11.3. The average Bonchev–Trinajstić information content (AvgIpc) is 2.33. The Hall–Kier alpha value is -1.56. The summed E-state index contributed by atoms with van der Waals surface area (Å²) in [6, 6.07) is 12.9. The van der Waals surface area contributed by atoms with Gasteiger partial charge in [0.05, 0.1) is 11.4 Å². The Balaban J connectivity index is 2.54. The molecule has 19 heavy (non-hydrogen) atoms. The van der Waals surface area contributed by atoms with Crippen molar-refractivity contribution >= 4 is 33.3 Å². The van der Waals surface area contributed by atoms with Gasteiger partial charge in [0.2, 0.25) is 0 Å². The van der Waals surface area contributed by atoms with Crippen LogP contribution in [0.3, 0.4) is 0 Å². The van der Waals surface area contributed by atoms with Crippen LogP contribution in [0.2, 0.25) is 5.02 Å². The van der Waals surface area contributed by atoms with Crippen LogP contribution < -0.4 is 4.31 Å². The van der Waals surface area contributed by atoms with Crippen LogP contribution in [-0.2, 0) is 10.3 Å². The lowest BCUT2D eigenvalue weighted by atomic mass is 10.2. The Morgan fingerprint density at radius 3 is 1.79 bits per heavy atom. The van der Waals surface area contributed by atoms with Crippen LogP contribution in [0.25, 0.3) is 0 Å². The number of hydrogen-bond acceptors (Lipinski definition) is 2. The van der Waals surface area contributed by atoms with E-state index < -0.39 is 10.3 Å². The van der Waals surface area contributed by atoms with Crippen molar-refractivity contribution in [1.82, 2.24) is 0 Å². The van der Waals surface area contributed by atoms with Crippen molar-refractivity contribution in [2.24, 2.45) is 0 Å². The van der Waals surface area contributed by atoms with E-state index in [4.69, 9.17) is 11.6 Å². The Morgan fingerprint density at radius 2 is 1.37 bits per heavy atom. The molecule has 6 heteroatoms. The van der Waals surface area contributed by atoms with E-state index in [2.05, 4.69) is 0 Å². The zero-order valence-electron chi connectivity index (χ0n) is 10.1. The molecule has 0 aliphatic heterocycles. The molecule has 1 N–H and O–H groups in total. The van der Waals surface area contributed by atoms with E-state index in [1.165, 1.54) is 12.1 Å². The molecular formula is C13H12ClNO3S. The van der Waals surface area contributed by atoms with Gasteiger partial charge in [-0.05, 0) is 43.3 Å². The Labute approximate surface area is 117 Å². The van der Waals surface area contributed by atoms with Crippen molar-refractivity contribution in [3.8, 4) is 0 Å². The van der Waals surface area contributed by atoms with Crippen LogP contribution in [0.5, 0.6) is 0 Å². The predicted octanol–water partition coefficient (Wildman–Crippen LogP) is 3.59. The molecule has 0 spiro atoms. The van der Waals surface area contributed by atoms with E-state index in [-0.39, 0.29) is 0 Å². The summed E-state index contributed by atoms with van der Waals surface area (Å²) in [6.45, 7) is 1.89. The quantitative estimate of drug-likeness (QED) is 0.881. The van der Waals surface area contributed by atoms with Crippen molar-refractivity contribution < 1.29 is 13.0 Å². The fourth-order valence-electron chi connectivity index (χ4n) is 1.67. The molecule has 100 valence electrons. The lowest BCUT2D eigenvalue weighted by molar-refractivity contribution is 0.483. The maximum atomic E-state index is 11.6. The maximum Gasteiger partial charge on any atom is 0.364 e. The standard InChI is InChI=1S/C13H12ClNO3S/c1-10-2-6-12(7-3-10)15(19(16,17)18)13-8-4-11(14)5-9-13/h2-9H,1H3,(H,16,17,18). The molecule has 0 bridgehead atoms. The number of halogens is 1. The van der Waals surface area contributed by atoms with Crippen molar-refractivity contribution in [1.29, 1.82) is 0 Å². The highest BCUT2D eigenvalue weighted by molar-refractivity contribution is 7.87. The first-order valence-corrected chi connectivity index (χ1v) is 7.25. The molecule has 2 aromatic carbocycles. The van der Waals surface area contributed by atoms with E-state index >= 15 is 0 Å². The van der Waals surface area contributed by atoms with Gasteiger partial charge in [-0.3, -0.25) is 4.55 Å². The second-order valence-corrected chi connectivity index (χ2v) is 5.75. The summed E-state index contributed by atoms with van der Waals surface area (Å²) >= 11 is 5.77. The highest BCUT2D eigenvalue weighted by Crippen LogP contribution is 2.29. The number of rotatable bonds is 3. The van der Waals surface area contributed by atoms with Gasteiger partial charge in [0.15, 0.2) is 0 Å². The van der Waals surface area contributed by atoms with E-state index in [1.54, 1.807) is 36.4 Å². The topological polar surface area (TPSA) is 57.6 Å². The Kier molecular flexibility index (Phi) is 3.80. The van der Waals surface area contributed by atoms with Gasteiger partial charge in [0.25, 0.3) is 0 Å². The third-order valence-electron chi connectivity index (χ3n) is 2.56. The van der Waals surface area contributed by atoms with Crippen LogP contribution in [0.1, 0.15) is 5.56 Å². The molecule has 0 aliphatic rings. The summed E-state index contributed by atoms with van der Waals surface area (Å²) in [5.41, 5.74) is 1.67. The summed E-state index contributed by atoms with van der Waals surface area (Å²) in [7, 11) is -4.41. The van der Waals surface area contributed by atoms with Gasteiger partial charge in [-0.15, -0.1) is 0 Å². The van der Waals surface area contributed by atoms with Gasteiger partial charge in [0.1, 0.15) is 0 Å². The summed E-state index contributed by atoms with van der Waals surface area (Å²) in [4.78, 5) is 0. The fraction of sp³-hybridized carbons (Fsp3) is 0.0769. The molecule has 0 unspecified atom stereocenters. The third kappa shape index (κ3) is 3.26. The van der Waals surface area contributed by atoms with E-state index in [0.717, 1.165) is 9.87 Å². The molecule has 0 saturated heterocycles. The lowest BCUT2D eigenvalue weighted by Crippen LogP contribution is -2.25. The summed E-state index contributed by atoms with van der Waals surface area (Å²) in [5.74, 6) is 0. The zero-order valence-corrected chi connectivity index (χ0v) is 11.7. The Bertz CT molecular complexity index is 621. The number of hydrogen-bond donors (Lipinski definition) is 1. The molecule has 0 fully saturated rings. The van der Waals surface area contributed by atoms with Gasteiger partial charge < -0.3 is 0 Å². The minimum absolute atomic E-state index is 0.316. The molecule has 2 rings (SSSR count). The monoisotopic (exact) mass is 297 g/mol. The van der Waals surface area contributed by atoms with Crippen molar-refractivity contribution in [3.63, 3.8) is 0 Å². The number of aryl methyl sites for hydroxylation is 1. The van der Waals surface area contributed by atoms with Crippen LogP contribution in [-0.4, -0.2) is 13.0 Å². The zero-order chi connectivity index (χ0) is 14.0. The largest absolute Gasteiger partial charge is 0.364 e. The van der Waals surface area contributed by atoms with Gasteiger partial charge >= 0.3 is 10.3 Å². The maximum absolute atomic E-state index is 11.6. The highest BCUT2D eigenvalue weighted by Gasteiger charge is 2.21. The smallest absolute Gasteiger partial charge is 0.269 e. The van der Waals surface area contributed by atoms with Crippen LogP contribution in [0.4, 0.5) is 11.4 Å². The van der Waals surface area contributed by atoms with Gasteiger partial charge in [0, 0.05) is 5.02 Å². The molecule has 0 saturated carbocycles. The summed E-state index contributed by atoms with van der Waals surface area (Å²) < 4.78 is 33.3. The minimum Gasteiger partial charge on any atom is -0.269 e. The first-order chi connectivity index (χ1) is 8.88. The summed E-state index contributed by atoms with van der Waals surface area (Å²) in [6.07, 6.45) is 0. The van der Waals surface area contributed by atoms with E-state index in [9.17, 15) is 13.0 Å².